The Morgan fingerprint density at radius 1 is 1.12 bits per heavy atom. The summed E-state index contributed by atoms with van der Waals surface area (Å²) in [5.74, 6) is -0.233. The first kappa shape index (κ1) is 17.3. The highest BCUT2D eigenvalue weighted by Crippen LogP contribution is 2.66. The molecule has 25 heavy (non-hydrogen) atoms. The zero-order valence-corrected chi connectivity index (χ0v) is 14.7. The molecule has 5 heteroatoms. The second-order valence-electron chi connectivity index (χ2n) is 8.98. The lowest BCUT2D eigenvalue weighted by molar-refractivity contribution is -0.146. The highest BCUT2D eigenvalue weighted by molar-refractivity contribution is 5.87. The van der Waals surface area contributed by atoms with E-state index in [1.54, 1.807) is 0 Å². The first-order valence-electron chi connectivity index (χ1n) is 9.53. The number of carbonyl (C=O) groups excluding carboxylic acids is 2. The number of aliphatic hydroxyl groups is 1. The van der Waals surface area contributed by atoms with Crippen molar-refractivity contribution in [2.75, 3.05) is 6.61 Å². The first-order valence-corrected chi connectivity index (χ1v) is 9.53. The number of fused-ring (bicyclic) bond motifs is 5. The van der Waals surface area contributed by atoms with Crippen LogP contribution in [-0.4, -0.2) is 23.3 Å². The molecule has 0 heterocycles. The number of ketones is 2. The lowest BCUT2D eigenvalue weighted by atomic mass is 9.44. The molecule has 0 aromatic heterocycles. The molecule has 0 amide bonds. The van der Waals surface area contributed by atoms with Gasteiger partial charge < -0.3 is 5.11 Å². The van der Waals surface area contributed by atoms with Crippen molar-refractivity contribution in [1.29, 1.82) is 0 Å². The normalized spacial score (nSPS) is 46.5. The molecule has 4 aliphatic rings. The molecule has 6 atom stereocenters. The van der Waals surface area contributed by atoms with E-state index in [9.17, 15) is 23.5 Å². The zero-order chi connectivity index (χ0) is 18.0. The number of allylic oxidation sites excluding steroid dienone is 1. The van der Waals surface area contributed by atoms with Crippen LogP contribution in [-0.2, 0) is 9.59 Å². The second kappa shape index (κ2) is 5.70. The summed E-state index contributed by atoms with van der Waals surface area (Å²) in [5, 5.41) is 10.3. The number of hydrogen-bond donors (Lipinski definition) is 1. The minimum Gasteiger partial charge on any atom is -0.396 e. The number of aliphatic hydroxyl groups excluding tert-OH is 1. The predicted octanol–water partition coefficient (Wildman–Crippen LogP) is 3.90. The molecular formula is C20H26F2O3. The van der Waals surface area contributed by atoms with Gasteiger partial charge in [-0.2, -0.15) is 8.78 Å². The highest BCUT2D eigenvalue weighted by atomic mass is 19.3. The number of Topliss-reactive ketones (excluding diaryl/α,β-unsaturated/α-hetero) is 2. The molecule has 0 radical (unpaired) electrons. The Bertz CT molecular complexity index is 653. The topological polar surface area (TPSA) is 54.4 Å². The lowest BCUT2D eigenvalue weighted by Crippen LogP contribution is -2.57. The van der Waals surface area contributed by atoms with Crippen LogP contribution in [0.25, 0.3) is 0 Å². The van der Waals surface area contributed by atoms with Crippen LogP contribution in [0.4, 0.5) is 8.78 Å². The van der Waals surface area contributed by atoms with Gasteiger partial charge >= 0.3 is 0 Å². The Hall–Kier alpha value is -1.10. The average Bonchev–Trinajstić information content (AvgIpc) is 2.89. The summed E-state index contributed by atoms with van der Waals surface area (Å²) < 4.78 is 27.8. The van der Waals surface area contributed by atoms with Gasteiger partial charge in [0.15, 0.2) is 0 Å². The van der Waals surface area contributed by atoms with Crippen molar-refractivity contribution in [2.24, 2.45) is 34.5 Å². The molecular weight excluding hydrogens is 326 g/mol. The first-order chi connectivity index (χ1) is 11.8. The molecule has 0 spiro atoms. The van der Waals surface area contributed by atoms with Crippen LogP contribution in [0.2, 0.25) is 0 Å². The molecule has 1 N–H and O–H groups in total. The van der Waals surface area contributed by atoms with Gasteiger partial charge in [-0.25, -0.2) is 0 Å². The van der Waals surface area contributed by atoms with Gasteiger partial charge in [0.05, 0.1) is 0 Å². The Morgan fingerprint density at radius 2 is 1.88 bits per heavy atom. The van der Waals surface area contributed by atoms with Gasteiger partial charge in [-0.1, -0.05) is 6.92 Å². The zero-order valence-electron chi connectivity index (χ0n) is 14.7. The molecule has 4 aliphatic carbocycles. The molecule has 6 unspecified atom stereocenters. The van der Waals surface area contributed by atoms with Crippen molar-refractivity contribution in [1.82, 2.24) is 0 Å². The van der Waals surface area contributed by atoms with E-state index in [0.29, 0.717) is 38.5 Å². The third-order valence-electron chi connectivity index (χ3n) is 8.28. The third kappa shape index (κ3) is 2.23. The fraction of sp³-hybridized carbons (Fsp3) is 0.800. The quantitative estimate of drug-likeness (QED) is 0.779. The van der Waals surface area contributed by atoms with Crippen molar-refractivity contribution in [3.8, 4) is 0 Å². The lowest BCUT2D eigenvalue weighted by Gasteiger charge is -2.60. The van der Waals surface area contributed by atoms with Crippen molar-refractivity contribution >= 4 is 11.6 Å². The molecule has 4 rings (SSSR count). The van der Waals surface area contributed by atoms with Gasteiger partial charge in [0.2, 0.25) is 0 Å². The monoisotopic (exact) mass is 352 g/mol. The summed E-state index contributed by atoms with van der Waals surface area (Å²) in [4.78, 5) is 24.4. The maximum Gasteiger partial charge on any atom is 0.269 e. The maximum atomic E-state index is 13.9. The molecule has 3 nitrogen and oxygen atoms in total. The van der Waals surface area contributed by atoms with E-state index in [2.05, 4.69) is 0 Å². The standard InChI is InChI=1S/C20H26F2O3/c1-19-6-5-15-17(14(19)2-3-16(19)25)13(18(21)22)9-11-8-12(24)4-7-20(11,15)10-23/h11,14-15,17,23H,2-10H2,1H3. The number of hydrogen-bond acceptors (Lipinski definition) is 3. The van der Waals surface area contributed by atoms with Gasteiger partial charge in [0.1, 0.15) is 11.6 Å². The maximum absolute atomic E-state index is 13.9. The summed E-state index contributed by atoms with van der Waals surface area (Å²) in [6.45, 7) is 1.92. The summed E-state index contributed by atoms with van der Waals surface area (Å²) in [5.41, 5.74) is -0.736. The van der Waals surface area contributed by atoms with Crippen molar-refractivity contribution < 1.29 is 23.5 Å². The number of rotatable bonds is 1. The SMILES string of the molecule is CC12CCC3C(C(=C(F)F)CC4CC(=O)CCC43CO)C1CCC2=O. The average molecular weight is 352 g/mol. The number of halogens is 2. The van der Waals surface area contributed by atoms with E-state index in [4.69, 9.17) is 0 Å². The van der Waals surface area contributed by atoms with Crippen LogP contribution in [0.5, 0.6) is 0 Å². The van der Waals surface area contributed by atoms with E-state index in [0.717, 1.165) is 6.42 Å². The van der Waals surface area contributed by atoms with Gasteiger partial charge in [0, 0.05) is 36.7 Å². The smallest absolute Gasteiger partial charge is 0.269 e. The van der Waals surface area contributed by atoms with E-state index >= 15 is 0 Å². The van der Waals surface area contributed by atoms with Gasteiger partial charge in [-0.05, 0) is 61.3 Å². The molecule has 0 aromatic carbocycles. The largest absolute Gasteiger partial charge is 0.396 e. The molecule has 0 aliphatic heterocycles. The summed E-state index contributed by atoms with van der Waals surface area (Å²) in [6.07, 6.45) is 2.52. The predicted molar refractivity (Wildman–Crippen MR) is 87.8 cm³/mol. The van der Waals surface area contributed by atoms with E-state index in [-0.39, 0.29) is 53.8 Å². The van der Waals surface area contributed by atoms with E-state index < -0.39 is 16.9 Å². The van der Waals surface area contributed by atoms with Crippen LogP contribution < -0.4 is 0 Å². The Kier molecular flexibility index (Phi) is 3.95. The molecule has 0 saturated heterocycles. The Balaban J connectivity index is 1.81. The molecule has 0 aromatic rings. The Labute approximate surface area is 146 Å². The minimum atomic E-state index is -1.62. The van der Waals surface area contributed by atoms with Crippen molar-refractivity contribution in [3.63, 3.8) is 0 Å². The van der Waals surface area contributed by atoms with Gasteiger partial charge in [-0.15, -0.1) is 0 Å². The van der Waals surface area contributed by atoms with Crippen molar-refractivity contribution in [2.45, 2.75) is 58.3 Å². The minimum absolute atomic E-state index is 0.0370. The summed E-state index contributed by atoms with van der Waals surface area (Å²) in [7, 11) is 0. The van der Waals surface area contributed by atoms with E-state index in [1.165, 1.54) is 0 Å². The summed E-state index contributed by atoms with van der Waals surface area (Å²) >= 11 is 0. The third-order valence-corrected chi connectivity index (χ3v) is 8.28. The van der Waals surface area contributed by atoms with E-state index in [1.807, 2.05) is 6.92 Å². The van der Waals surface area contributed by atoms with Crippen LogP contribution in [0.3, 0.4) is 0 Å². The highest BCUT2D eigenvalue weighted by Gasteiger charge is 2.63. The molecule has 4 fully saturated rings. The van der Waals surface area contributed by atoms with Gasteiger partial charge in [-0.3, -0.25) is 9.59 Å². The van der Waals surface area contributed by atoms with Crippen LogP contribution in [0.1, 0.15) is 58.3 Å². The van der Waals surface area contributed by atoms with Gasteiger partial charge in [0.25, 0.3) is 6.08 Å². The van der Waals surface area contributed by atoms with Crippen LogP contribution in [0.15, 0.2) is 11.7 Å². The van der Waals surface area contributed by atoms with Crippen LogP contribution >= 0.6 is 0 Å². The fourth-order valence-corrected chi connectivity index (χ4v) is 6.89. The number of carbonyl (C=O) groups is 2. The molecule has 138 valence electrons. The Morgan fingerprint density at radius 3 is 2.56 bits per heavy atom. The molecule has 0 bridgehead atoms. The van der Waals surface area contributed by atoms with Crippen LogP contribution in [0, 0.1) is 34.5 Å². The van der Waals surface area contributed by atoms with Crippen molar-refractivity contribution in [3.05, 3.63) is 11.7 Å². The second-order valence-corrected chi connectivity index (χ2v) is 8.98. The summed E-state index contributed by atoms with van der Waals surface area (Å²) in [6, 6.07) is 0. The molecule has 4 saturated carbocycles. The fourth-order valence-electron chi connectivity index (χ4n) is 6.89.